The van der Waals surface area contributed by atoms with Crippen LogP contribution in [0.5, 0.6) is 0 Å². The molecule has 0 fully saturated rings. The van der Waals surface area contributed by atoms with E-state index in [2.05, 4.69) is 39.8 Å². The molecule has 5 rings (SSSR count). The molecule has 0 saturated carbocycles. The first-order chi connectivity index (χ1) is 11.3. The van der Waals surface area contributed by atoms with Crippen molar-refractivity contribution >= 4 is 45.1 Å². The van der Waals surface area contributed by atoms with E-state index in [0.717, 1.165) is 33.4 Å². The molecule has 108 valence electrons. The van der Waals surface area contributed by atoms with E-state index in [1.807, 2.05) is 42.0 Å². The highest BCUT2D eigenvalue weighted by Crippen LogP contribution is 2.35. The van der Waals surface area contributed by atoms with Crippen molar-refractivity contribution in [3.05, 3.63) is 60.8 Å². The van der Waals surface area contributed by atoms with Gasteiger partial charge in [-0.2, -0.15) is 0 Å². The second-order valence-electron chi connectivity index (χ2n) is 5.62. The summed E-state index contributed by atoms with van der Waals surface area (Å²) >= 11 is 0. The monoisotopic (exact) mass is 299 g/mol. The summed E-state index contributed by atoms with van der Waals surface area (Å²) in [5.74, 6) is 0. The van der Waals surface area contributed by atoms with Gasteiger partial charge in [0.1, 0.15) is 5.58 Å². The van der Waals surface area contributed by atoms with Crippen LogP contribution in [0.3, 0.4) is 0 Å². The highest BCUT2D eigenvalue weighted by Gasteiger charge is 2.32. The molecule has 0 saturated heterocycles. The third kappa shape index (κ3) is 1.70. The average Bonchev–Trinajstić information content (AvgIpc) is 3.13. The Balaban J connectivity index is 1.76. The van der Waals surface area contributed by atoms with Gasteiger partial charge in [-0.15, -0.1) is 0 Å². The van der Waals surface area contributed by atoms with Crippen molar-refractivity contribution in [3.8, 4) is 0 Å². The van der Waals surface area contributed by atoms with Gasteiger partial charge in [-0.1, -0.05) is 16.7 Å². The number of benzene rings is 2. The van der Waals surface area contributed by atoms with E-state index in [1.54, 1.807) is 6.20 Å². The summed E-state index contributed by atoms with van der Waals surface area (Å²) in [6.07, 6.45) is 1.75. The minimum atomic E-state index is 0.673. The number of nitrogens with zero attached hydrogens (tertiary/aromatic N) is 3. The van der Waals surface area contributed by atoms with Crippen molar-refractivity contribution < 1.29 is 8.99 Å². The minimum absolute atomic E-state index is 0.673. The first-order valence-electron chi connectivity index (χ1n) is 7.48. The predicted octanol–water partition coefficient (Wildman–Crippen LogP) is 4.28. The topological polar surface area (TPSA) is 32.0 Å². The number of aromatic nitrogens is 1. The third-order valence-electron chi connectivity index (χ3n) is 4.23. The largest absolute Gasteiger partial charge is 0.496 e. The van der Waals surface area contributed by atoms with Crippen molar-refractivity contribution in [2.75, 3.05) is 7.05 Å². The lowest BCUT2D eigenvalue weighted by Gasteiger charge is -1.94. The van der Waals surface area contributed by atoms with Crippen LogP contribution < -0.4 is 4.58 Å². The van der Waals surface area contributed by atoms with Gasteiger partial charge < -0.3 is 4.42 Å². The number of rotatable bonds is 1. The molecule has 0 aliphatic carbocycles. The molecule has 0 unspecified atom stereocenters. The van der Waals surface area contributed by atoms with Gasteiger partial charge in [0, 0.05) is 35.2 Å². The molecule has 4 aromatic rings. The fourth-order valence-corrected chi connectivity index (χ4v) is 3.13. The zero-order chi connectivity index (χ0) is 15.4. The van der Waals surface area contributed by atoms with Crippen molar-refractivity contribution in [3.63, 3.8) is 0 Å². The molecule has 1 aliphatic heterocycles. The molecule has 2 aromatic carbocycles. The number of para-hydroxylation sites is 2. The molecule has 2 aromatic heterocycles. The molecule has 0 N–H and O–H groups in total. The summed E-state index contributed by atoms with van der Waals surface area (Å²) in [6, 6.07) is 21.8. The van der Waals surface area contributed by atoms with Crippen LogP contribution in [0, 0.1) is 0 Å². The molecule has 23 heavy (non-hydrogen) atoms. The maximum Gasteiger partial charge on any atom is 0.496 e. The van der Waals surface area contributed by atoms with Gasteiger partial charge in [0.15, 0.2) is 7.05 Å². The van der Waals surface area contributed by atoms with Crippen LogP contribution in [-0.2, 0) is 0 Å². The summed E-state index contributed by atoms with van der Waals surface area (Å²) in [4.78, 5) is 4.29. The number of fused-ring (bicyclic) bond motifs is 4. The summed E-state index contributed by atoms with van der Waals surface area (Å²) < 4.78 is 9.94. The van der Waals surface area contributed by atoms with Crippen molar-refractivity contribution in [1.82, 2.24) is 9.56 Å². The molecule has 4 heteroatoms. The van der Waals surface area contributed by atoms with Crippen LogP contribution in [0.2, 0.25) is 0 Å². The van der Waals surface area contributed by atoms with Crippen LogP contribution in [0.25, 0.3) is 22.1 Å². The lowest BCUT2D eigenvalue weighted by molar-refractivity contribution is -0.394. The fraction of sp³-hybridized carbons (Fsp3) is 0.0526. The van der Waals surface area contributed by atoms with E-state index in [9.17, 15) is 0 Å². The molecule has 0 radical (unpaired) electrons. The molecule has 0 spiro atoms. The lowest BCUT2D eigenvalue weighted by atomic mass is 10.1. The normalized spacial score (nSPS) is 13.3. The van der Waals surface area contributed by atoms with Crippen molar-refractivity contribution in [1.29, 1.82) is 0 Å². The van der Waals surface area contributed by atoms with E-state index in [1.165, 1.54) is 0 Å². The molecule has 0 atom stereocenters. The maximum atomic E-state index is 5.89. The summed E-state index contributed by atoms with van der Waals surface area (Å²) in [5, 5.41) is 2.12. The van der Waals surface area contributed by atoms with Gasteiger partial charge in [-0.05, 0) is 22.8 Å². The SMILES string of the molecule is C[N+]1=C=[N+](c2ccc3c(c2)oc2ncccc23)c2ccccc21. The maximum absolute atomic E-state index is 5.89. The zero-order valence-electron chi connectivity index (χ0n) is 12.5. The Bertz CT molecular complexity index is 1160. The second kappa shape index (κ2) is 4.38. The zero-order valence-corrected chi connectivity index (χ0v) is 12.5. The Morgan fingerprint density at radius 2 is 1.83 bits per heavy atom. The highest BCUT2D eigenvalue weighted by atomic mass is 16.3. The summed E-state index contributed by atoms with van der Waals surface area (Å²) in [7, 11) is 2.00. The average molecular weight is 299 g/mol. The van der Waals surface area contributed by atoms with E-state index in [4.69, 9.17) is 4.42 Å². The summed E-state index contributed by atoms with van der Waals surface area (Å²) in [6.45, 7) is 0. The van der Waals surface area contributed by atoms with Crippen molar-refractivity contribution in [2.45, 2.75) is 0 Å². The van der Waals surface area contributed by atoms with Gasteiger partial charge in [-0.25, -0.2) is 4.98 Å². The standard InChI is InChI=1S/C19H13N3O/c1-21-12-22(17-7-3-2-6-16(17)21)13-8-9-14-15-5-4-10-20-19(15)23-18(14)11-13/h2-11H,1H3/q+2. The molecule has 0 bridgehead atoms. The van der Waals surface area contributed by atoms with Crippen molar-refractivity contribution in [2.24, 2.45) is 0 Å². The molecule has 4 nitrogen and oxygen atoms in total. The lowest BCUT2D eigenvalue weighted by Crippen LogP contribution is -1.98. The van der Waals surface area contributed by atoms with Crippen LogP contribution >= 0.6 is 0 Å². The second-order valence-corrected chi connectivity index (χ2v) is 5.62. The van der Waals surface area contributed by atoms with E-state index in [-0.39, 0.29) is 0 Å². The Labute approximate surface area is 132 Å². The number of hydrogen-bond donors (Lipinski definition) is 0. The van der Waals surface area contributed by atoms with E-state index < -0.39 is 0 Å². The number of pyridine rings is 1. The van der Waals surface area contributed by atoms with E-state index >= 15 is 0 Å². The van der Waals surface area contributed by atoms with Gasteiger partial charge in [0.25, 0.3) is 11.4 Å². The third-order valence-corrected chi connectivity index (χ3v) is 4.23. The number of furan rings is 1. The first-order valence-corrected chi connectivity index (χ1v) is 7.48. The Morgan fingerprint density at radius 1 is 0.957 bits per heavy atom. The molecule has 0 amide bonds. The Hall–Kier alpha value is -3.23. The molecular formula is C19H13N3O+2. The summed E-state index contributed by atoms with van der Waals surface area (Å²) in [5.41, 5.74) is 4.78. The van der Waals surface area contributed by atoms with Crippen LogP contribution in [0.4, 0.5) is 17.1 Å². The van der Waals surface area contributed by atoms with Gasteiger partial charge in [0.2, 0.25) is 11.4 Å². The van der Waals surface area contributed by atoms with Crippen LogP contribution in [0.1, 0.15) is 0 Å². The molecule has 1 aliphatic rings. The van der Waals surface area contributed by atoms with Crippen LogP contribution in [-0.4, -0.2) is 22.6 Å². The molecule has 3 heterocycles. The Kier molecular flexibility index (Phi) is 2.35. The fourth-order valence-electron chi connectivity index (χ4n) is 3.13. The van der Waals surface area contributed by atoms with Gasteiger partial charge in [0.05, 0.1) is 6.07 Å². The predicted molar refractivity (Wildman–Crippen MR) is 90.3 cm³/mol. The molecular weight excluding hydrogens is 286 g/mol. The highest BCUT2D eigenvalue weighted by molar-refractivity contribution is 6.04. The first kappa shape index (κ1) is 12.3. The van der Waals surface area contributed by atoms with Gasteiger partial charge in [-0.3, -0.25) is 0 Å². The Morgan fingerprint density at radius 3 is 2.74 bits per heavy atom. The smallest absolute Gasteiger partial charge is 0.437 e. The van der Waals surface area contributed by atoms with Gasteiger partial charge >= 0.3 is 6.01 Å². The van der Waals surface area contributed by atoms with E-state index in [0.29, 0.717) is 5.71 Å². The number of hydrogen-bond acceptors (Lipinski definition) is 2. The van der Waals surface area contributed by atoms with Crippen LogP contribution in [0.15, 0.2) is 65.2 Å². The minimum Gasteiger partial charge on any atom is -0.437 e. The quantitative estimate of drug-likeness (QED) is 0.491.